The highest BCUT2D eigenvalue weighted by Gasteiger charge is 2.15. The van der Waals surface area contributed by atoms with Crippen molar-refractivity contribution in [1.82, 2.24) is 14.1 Å². The first kappa shape index (κ1) is 19.5. The van der Waals surface area contributed by atoms with Gasteiger partial charge in [-0.05, 0) is 74.2 Å². The zero-order chi connectivity index (χ0) is 20.6. The van der Waals surface area contributed by atoms with Crippen molar-refractivity contribution in [2.45, 2.75) is 31.2 Å². The van der Waals surface area contributed by atoms with Crippen LogP contribution in [0.4, 0.5) is 10.2 Å². The highest BCUT2D eigenvalue weighted by molar-refractivity contribution is 7.97. The lowest BCUT2D eigenvalue weighted by Gasteiger charge is -2.20. The van der Waals surface area contributed by atoms with Crippen molar-refractivity contribution in [3.8, 4) is 22.4 Å². The van der Waals surface area contributed by atoms with Gasteiger partial charge in [0.2, 0.25) is 0 Å². The van der Waals surface area contributed by atoms with Gasteiger partial charge in [-0.15, -0.1) is 0 Å². The number of aromatic nitrogens is 2. The van der Waals surface area contributed by atoms with E-state index in [-0.39, 0.29) is 11.4 Å². The number of imidazole rings is 1. The summed E-state index contributed by atoms with van der Waals surface area (Å²) in [6, 6.07) is 18.8. The number of anilines is 1. The highest BCUT2D eigenvalue weighted by Crippen LogP contribution is 2.33. The number of pyridine rings is 1. The fraction of sp³-hybridized carbons (Fsp3) is 0.174. The highest BCUT2D eigenvalue weighted by atomic mass is 32.2. The number of nitrogens with one attached hydrogen (secondary N) is 1. The topological polar surface area (TPSA) is 55.3 Å². The van der Waals surface area contributed by atoms with Crippen LogP contribution in [0.5, 0.6) is 0 Å². The van der Waals surface area contributed by atoms with Crippen molar-refractivity contribution in [3.63, 3.8) is 0 Å². The van der Waals surface area contributed by atoms with E-state index in [0.29, 0.717) is 22.7 Å². The first-order valence-corrected chi connectivity index (χ1v) is 10.2. The SMILES string of the molecule is CC(C)(C)NSc1ccccc1-c1ccc(-c2cn3c(N)cccc3n2)c(F)c1. The lowest BCUT2D eigenvalue weighted by molar-refractivity contribution is 0.535. The van der Waals surface area contributed by atoms with Crippen LogP contribution in [0.3, 0.4) is 0 Å². The summed E-state index contributed by atoms with van der Waals surface area (Å²) in [6.45, 7) is 6.33. The van der Waals surface area contributed by atoms with Gasteiger partial charge in [-0.25, -0.2) is 9.37 Å². The van der Waals surface area contributed by atoms with Crippen molar-refractivity contribution >= 4 is 23.4 Å². The number of nitrogen functional groups attached to an aromatic ring is 1. The van der Waals surface area contributed by atoms with Crippen LogP contribution in [0.15, 0.2) is 71.8 Å². The molecule has 0 spiro atoms. The molecule has 2 aromatic carbocycles. The van der Waals surface area contributed by atoms with Gasteiger partial charge in [-0.1, -0.05) is 30.3 Å². The third-order valence-corrected chi connectivity index (χ3v) is 5.72. The Morgan fingerprint density at radius 1 is 1.00 bits per heavy atom. The maximum absolute atomic E-state index is 15.1. The molecular weight excluding hydrogens is 383 g/mol. The smallest absolute Gasteiger partial charge is 0.139 e. The molecule has 0 radical (unpaired) electrons. The van der Waals surface area contributed by atoms with Crippen LogP contribution in [0.1, 0.15) is 20.8 Å². The number of rotatable bonds is 4. The Labute approximate surface area is 174 Å². The fourth-order valence-corrected chi connectivity index (χ4v) is 3.91. The molecule has 0 aliphatic rings. The Balaban J connectivity index is 1.70. The molecule has 2 aromatic heterocycles. The Morgan fingerprint density at radius 2 is 1.79 bits per heavy atom. The fourth-order valence-electron chi connectivity index (χ4n) is 3.05. The number of hydrogen-bond donors (Lipinski definition) is 2. The van der Waals surface area contributed by atoms with Gasteiger partial charge in [-0.2, -0.15) is 0 Å². The predicted octanol–water partition coefficient (Wildman–Crippen LogP) is 5.78. The summed E-state index contributed by atoms with van der Waals surface area (Å²) in [7, 11) is 0. The first-order chi connectivity index (χ1) is 13.8. The van der Waals surface area contributed by atoms with Crippen LogP contribution in [0, 0.1) is 5.82 Å². The van der Waals surface area contributed by atoms with Crippen molar-refractivity contribution in [3.05, 3.63) is 72.7 Å². The molecule has 0 amide bonds. The van der Waals surface area contributed by atoms with Crippen molar-refractivity contribution in [1.29, 1.82) is 0 Å². The van der Waals surface area contributed by atoms with Gasteiger partial charge in [0, 0.05) is 22.2 Å². The Morgan fingerprint density at radius 3 is 2.52 bits per heavy atom. The molecule has 0 aliphatic carbocycles. The molecule has 0 saturated carbocycles. The van der Waals surface area contributed by atoms with E-state index < -0.39 is 0 Å². The van der Waals surface area contributed by atoms with Gasteiger partial charge in [0.25, 0.3) is 0 Å². The molecule has 4 aromatic rings. The van der Waals surface area contributed by atoms with Crippen molar-refractivity contribution in [2.24, 2.45) is 0 Å². The van der Waals surface area contributed by atoms with Crippen LogP contribution in [-0.2, 0) is 0 Å². The number of nitrogens with two attached hydrogens (primary N) is 1. The quantitative estimate of drug-likeness (QED) is 0.422. The van der Waals surface area contributed by atoms with E-state index >= 15 is 4.39 Å². The predicted molar refractivity (Wildman–Crippen MR) is 119 cm³/mol. The maximum atomic E-state index is 15.1. The molecule has 3 N–H and O–H groups in total. The minimum absolute atomic E-state index is 0.0299. The second kappa shape index (κ2) is 7.54. The molecule has 4 nitrogen and oxygen atoms in total. The maximum Gasteiger partial charge on any atom is 0.139 e. The van der Waals surface area contributed by atoms with Gasteiger partial charge in [0.15, 0.2) is 0 Å². The molecule has 4 rings (SSSR count). The number of hydrogen-bond acceptors (Lipinski definition) is 4. The standard InChI is InChI=1S/C23H23FN4S/c1-23(2,3)27-29-20-8-5-4-7-16(20)15-11-12-17(18(24)13-15)19-14-28-21(25)9-6-10-22(28)26-19/h4-14,27H,25H2,1-3H3. The van der Waals surface area contributed by atoms with Crippen LogP contribution in [0.2, 0.25) is 0 Å². The summed E-state index contributed by atoms with van der Waals surface area (Å²) in [5.41, 5.74) is 9.47. The van der Waals surface area contributed by atoms with E-state index in [2.05, 4.69) is 30.5 Å². The summed E-state index contributed by atoms with van der Waals surface area (Å²) < 4.78 is 20.2. The normalized spacial score (nSPS) is 11.9. The van der Waals surface area contributed by atoms with Gasteiger partial charge < -0.3 is 5.73 Å². The third-order valence-electron chi connectivity index (χ3n) is 4.43. The molecule has 0 saturated heterocycles. The van der Waals surface area contributed by atoms with Gasteiger partial charge in [0.05, 0.1) is 5.69 Å². The van der Waals surface area contributed by atoms with E-state index in [1.54, 1.807) is 40.7 Å². The van der Waals surface area contributed by atoms with E-state index in [1.165, 1.54) is 0 Å². The monoisotopic (exact) mass is 406 g/mol. The molecule has 29 heavy (non-hydrogen) atoms. The van der Waals surface area contributed by atoms with E-state index in [9.17, 15) is 0 Å². The Kier molecular flexibility index (Phi) is 5.06. The van der Waals surface area contributed by atoms with E-state index in [0.717, 1.165) is 16.0 Å². The molecule has 2 heterocycles. The molecule has 148 valence electrons. The molecule has 6 heteroatoms. The van der Waals surface area contributed by atoms with Gasteiger partial charge in [0.1, 0.15) is 17.3 Å². The van der Waals surface area contributed by atoms with Crippen LogP contribution >= 0.6 is 11.9 Å². The van der Waals surface area contributed by atoms with Crippen LogP contribution in [0.25, 0.3) is 28.0 Å². The zero-order valence-corrected chi connectivity index (χ0v) is 17.4. The van der Waals surface area contributed by atoms with Crippen molar-refractivity contribution < 1.29 is 4.39 Å². The third kappa shape index (κ3) is 4.13. The average molecular weight is 407 g/mol. The zero-order valence-electron chi connectivity index (χ0n) is 16.6. The largest absolute Gasteiger partial charge is 0.385 e. The summed E-state index contributed by atoms with van der Waals surface area (Å²) >= 11 is 1.56. The molecule has 0 fully saturated rings. The van der Waals surface area contributed by atoms with Crippen molar-refractivity contribution in [2.75, 3.05) is 5.73 Å². The van der Waals surface area contributed by atoms with E-state index in [1.807, 2.05) is 42.5 Å². The minimum atomic E-state index is -0.312. The summed E-state index contributed by atoms with van der Waals surface area (Å²) in [4.78, 5) is 5.56. The number of nitrogens with zero attached hydrogens (tertiary/aromatic N) is 2. The summed E-state index contributed by atoms with van der Waals surface area (Å²) in [5, 5.41) is 0. The second-order valence-corrected chi connectivity index (χ2v) is 8.80. The lowest BCUT2D eigenvalue weighted by atomic mass is 10.0. The summed E-state index contributed by atoms with van der Waals surface area (Å²) in [5.74, 6) is 0.253. The molecule has 0 atom stereocenters. The molecule has 0 aliphatic heterocycles. The lowest BCUT2D eigenvalue weighted by Crippen LogP contribution is -2.29. The Hall–Kier alpha value is -2.83. The van der Waals surface area contributed by atoms with E-state index in [4.69, 9.17) is 5.73 Å². The molecule has 0 unspecified atom stereocenters. The average Bonchev–Trinajstić information content (AvgIpc) is 3.11. The van der Waals surface area contributed by atoms with Gasteiger partial charge >= 0.3 is 0 Å². The minimum Gasteiger partial charge on any atom is -0.385 e. The van der Waals surface area contributed by atoms with Crippen LogP contribution < -0.4 is 10.5 Å². The number of benzene rings is 2. The number of fused-ring (bicyclic) bond motifs is 1. The second-order valence-electron chi connectivity index (χ2n) is 7.95. The first-order valence-electron chi connectivity index (χ1n) is 9.39. The Bertz CT molecular complexity index is 1180. The number of halogens is 1. The molecular formula is C23H23FN4S. The van der Waals surface area contributed by atoms with Gasteiger partial charge in [-0.3, -0.25) is 9.12 Å². The van der Waals surface area contributed by atoms with Crippen LogP contribution in [-0.4, -0.2) is 14.9 Å². The summed E-state index contributed by atoms with van der Waals surface area (Å²) in [6.07, 6.45) is 1.76. The molecule has 0 bridgehead atoms.